The van der Waals surface area contributed by atoms with E-state index in [0.717, 1.165) is 36.4 Å². The van der Waals surface area contributed by atoms with Crippen LogP contribution in [0.1, 0.15) is 27.0 Å². The van der Waals surface area contributed by atoms with Gasteiger partial charge < -0.3 is 15.7 Å². The number of guanidine groups is 1. The average molecular weight is 464 g/mol. The van der Waals surface area contributed by atoms with Gasteiger partial charge in [0.05, 0.1) is 5.56 Å². The van der Waals surface area contributed by atoms with Gasteiger partial charge in [-0.05, 0) is 55.0 Å². The number of hydrogen-bond donors (Lipinski definition) is 3. The van der Waals surface area contributed by atoms with Crippen molar-refractivity contribution in [2.24, 2.45) is 4.99 Å². The summed E-state index contributed by atoms with van der Waals surface area (Å²) < 4.78 is 65.8. The third-order valence-electron chi connectivity index (χ3n) is 4.45. The zero-order valence-corrected chi connectivity index (χ0v) is 17.0. The quantitative estimate of drug-likeness (QED) is 0.294. The van der Waals surface area contributed by atoms with Gasteiger partial charge in [0.15, 0.2) is 0 Å². The molecule has 11 heteroatoms. The predicted octanol–water partition coefficient (Wildman–Crippen LogP) is 4.79. The topological polar surface area (TPSA) is 86.6 Å². The largest absolute Gasteiger partial charge is 0.493 e. The van der Waals surface area contributed by atoms with Crippen molar-refractivity contribution in [3.05, 3.63) is 88.5 Å². The highest BCUT2D eigenvalue weighted by molar-refractivity contribution is 6.06. The van der Waals surface area contributed by atoms with E-state index < -0.39 is 29.3 Å². The predicted molar refractivity (Wildman–Crippen MR) is 111 cm³/mol. The lowest BCUT2D eigenvalue weighted by molar-refractivity contribution is -0.137. The lowest BCUT2D eigenvalue weighted by Crippen LogP contribution is -2.31. The Hall–Kier alpha value is -4.02. The van der Waals surface area contributed by atoms with Crippen LogP contribution < -0.4 is 10.6 Å². The highest BCUT2D eigenvalue weighted by Crippen LogP contribution is 2.29. The van der Waals surface area contributed by atoms with Gasteiger partial charge in [0, 0.05) is 23.7 Å². The summed E-state index contributed by atoms with van der Waals surface area (Å²) in [6.07, 6.45) is -4.56. The molecule has 0 saturated heterocycles. The van der Waals surface area contributed by atoms with Gasteiger partial charge in [-0.2, -0.15) is 23.1 Å². The summed E-state index contributed by atoms with van der Waals surface area (Å²) in [4.78, 5) is 20.1. The third kappa shape index (κ3) is 6.25. The number of aliphatic imine (C=N–C) groups is 1. The van der Waals surface area contributed by atoms with Crippen molar-refractivity contribution >= 4 is 17.7 Å². The first kappa shape index (κ1) is 23.6. The van der Waals surface area contributed by atoms with E-state index in [-0.39, 0.29) is 40.9 Å². The average Bonchev–Trinajstić information content (AvgIpc) is 2.75. The van der Waals surface area contributed by atoms with E-state index in [0.29, 0.717) is 0 Å². The van der Waals surface area contributed by atoms with Gasteiger partial charge in [0.25, 0.3) is 5.91 Å². The lowest BCUT2D eigenvalue weighted by atomic mass is 10.1. The van der Waals surface area contributed by atoms with Crippen molar-refractivity contribution in [1.82, 2.24) is 10.3 Å². The second-order valence-electron chi connectivity index (χ2n) is 6.88. The number of nitrogens with zero attached hydrogens (tertiary/aromatic N) is 2. The van der Waals surface area contributed by atoms with Gasteiger partial charge >= 0.3 is 6.18 Å². The molecule has 1 heterocycles. The minimum absolute atomic E-state index is 0.0859. The summed E-state index contributed by atoms with van der Waals surface area (Å²) >= 11 is 0. The third-order valence-corrected chi connectivity index (χ3v) is 4.45. The number of carbonyl (C=O) groups excluding carboxylic acids is 1. The van der Waals surface area contributed by atoms with E-state index >= 15 is 0 Å². The molecule has 0 saturated carbocycles. The Morgan fingerprint density at radius 3 is 2.27 bits per heavy atom. The molecule has 2 aromatic carbocycles. The number of halogens is 5. The second kappa shape index (κ2) is 9.63. The van der Waals surface area contributed by atoms with Crippen LogP contribution in [0.4, 0.5) is 27.8 Å². The van der Waals surface area contributed by atoms with Gasteiger partial charge in [-0.15, -0.1) is 0 Å². The molecule has 1 aromatic heterocycles. The number of rotatable bonds is 4. The minimum atomic E-state index is -4.56. The lowest BCUT2D eigenvalue weighted by Gasteiger charge is -2.13. The normalized spacial score (nSPS) is 11.9. The van der Waals surface area contributed by atoms with E-state index in [4.69, 9.17) is 0 Å². The number of benzene rings is 2. The van der Waals surface area contributed by atoms with Crippen molar-refractivity contribution in [2.75, 3.05) is 5.32 Å². The van der Waals surface area contributed by atoms with Crippen molar-refractivity contribution in [3.8, 4) is 5.88 Å². The highest BCUT2D eigenvalue weighted by Gasteiger charge is 2.30. The molecule has 6 nitrogen and oxygen atoms in total. The van der Waals surface area contributed by atoms with Crippen LogP contribution in [0.25, 0.3) is 0 Å². The summed E-state index contributed by atoms with van der Waals surface area (Å²) in [7, 11) is 0. The van der Waals surface area contributed by atoms with E-state index in [9.17, 15) is 31.9 Å². The van der Waals surface area contributed by atoms with Crippen LogP contribution in [0.2, 0.25) is 0 Å². The number of aromatic nitrogens is 1. The summed E-state index contributed by atoms with van der Waals surface area (Å²) in [5.74, 6) is -2.85. The number of hydrogen-bond acceptors (Lipinski definition) is 3. The maximum atomic E-state index is 13.8. The standard InChI is InChI=1S/C22H17F5N4O2/c1-12-16(23)9-13(10-17(12)24)11-28-21(30-18-3-2-4-19(32)29-18)31-20(33)14-5-7-15(8-6-14)22(25,26)27/h2-10H,11H2,1H3,(H3,28,29,30,31,32,33). The fourth-order valence-electron chi connectivity index (χ4n) is 2.68. The number of amides is 1. The van der Waals surface area contributed by atoms with Gasteiger partial charge in [-0.25, -0.2) is 8.78 Å². The first-order valence-electron chi connectivity index (χ1n) is 9.44. The van der Waals surface area contributed by atoms with Gasteiger partial charge in [0.2, 0.25) is 11.8 Å². The first-order valence-corrected chi connectivity index (χ1v) is 9.44. The van der Waals surface area contributed by atoms with Gasteiger partial charge in [0.1, 0.15) is 17.5 Å². The van der Waals surface area contributed by atoms with Gasteiger partial charge in [-0.1, -0.05) is 6.07 Å². The zero-order chi connectivity index (χ0) is 24.2. The molecular formula is C22H17F5N4O2. The monoisotopic (exact) mass is 464 g/mol. The first-order chi connectivity index (χ1) is 15.5. The smallest absolute Gasteiger partial charge is 0.416 e. The Bertz CT molecular complexity index is 1170. The molecule has 0 aliphatic rings. The van der Waals surface area contributed by atoms with Crippen LogP contribution in [-0.2, 0) is 12.7 Å². The molecule has 0 fully saturated rings. The molecule has 0 aliphatic heterocycles. The van der Waals surface area contributed by atoms with Gasteiger partial charge in [-0.3, -0.25) is 4.79 Å². The number of carbonyl (C=O) groups is 1. The summed E-state index contributed by atoms with van der Waals surface area (Å²) in [5.41, 5.74) is -0.990. The minimum Gasteiger partial charge on any atom is -0.493 e. The number of nitrogens with one attached hydrogen (secondary N) is 2. The molecule has 0 unspecified atom stereocenters. The maximum absolute atomic E-state index is 13.8. The molecule has 3 aromatic rings. The van der Waals surface area contributed by atoms with Crippen LogP contribution in [0.3, 0.4) is 0 Å². The van der Waals surface area contributed by atoms with E-state index in [1.807, 2.05) is 0 Å². The molecule has 1 amide bonds. The Kier molecular flexibility index (Phi) is 6.90. The van der Waals surface area contributed by atoms with Crippen LogP contribution in [0.15, 0.2) is 59.6 Å². The molecular weight excluding hydrogens is 447 g/mol. The molecule has 0 radical (unpaired) electrons. The number of aromatic hydroxyl groups is 1. The van der Waals surface area contributed by atoms with E-state index in [2.05, 4.69) is 20.6 Å². The molecule has 33 heavy (non-hydrogen) atoms. The molecule has 0 bridgehead atoms. The fourth-order valence-corrected chi connectivity index (χ4v) is 2.68. The van der Waals surface area contributed by atoms with Crippen LogP contribution in [0, 0.1) is 18.6 Å². The van der Waals surface area contributed by atoms with Crippen molar-refractivity contribution in [1.29, 1.82) is 0 Å². The Labute approximate surface area is 184 Å². The second-order valence-corrected chi connectivity index (χ2v) is 6.88. The van der Waals surface area contributed by atoms with E-state index in [1.54, 1.807) is 0 Å². The van der Waals surface area contributed by atoms with Crippen molar-refractivity contribution in [2.45, 2.75) is 19.6 Å². The molecule has 172 valence electrons. The van der Waals surface area contributed by atoms with E-state index in [1.165, 1.54) is 25.1 Å². The molecule has 0 aliphatic carbocycles. The number of alkyl halides is 3. The van der Waals surface area contributed by atoms with Crippen LogP contribution in [-0.4, -0.2) is 22.0 Å². The van der Waals surface area contributed by atoms with Crippen molar-refractivity contribution < 1.29 is 31.9 Å². The summed E-state index contributed by atoms with van der Waals surface area (Å²) in [5, 5.41) is 14.9. The fraction of sp³-hybridized carbons (Fsp3) is 0.136. The Morgan fingerprint density at radius 1 is 1.06 bits per heavy atom. The Balaban J connectivity index is 1.85. The summed E-state index contributed by atoms with van der Waals surface area (Å²) in [6.45, 7) is 1.13. The molecule has 0 spiro atoms. The summed E-state index contributed by atoms with van der Waals surface area (Å²) in [6, 6.07) is 9.87. The number of anilines is 1. The highest BCUT2D eigenvalue weighted by atomic mass is 19.4. The molecule has 3 N–H and O–H groups in total. The number of pyridine rings is 1. The van der Waals surface area contributed by atoms with Crippen LogP contribution >= 0.6 is 0 Å². The molecule has 3 rings (SSSR count). The SMILES string of the molecule is Cc1c(F)cc(CN/C(=N/C(=O)c2ccc(C(F)(F)F)cc2)Nc2cccc(O)n2)cc1F. The zero-order valence-electron chi connectivity index (χ0n) is 17.0. The maximum Gasteiger partial charge on any atom is 0.416 e. The Morgan fingerprint density at radius 2 is 1.70 bits per heavy atom. The van der Waals surface area contributed by atoms with Crippen molar-refractivity contribution in [3.63, 3.8) is 0 Å². The van der Waals surface area contributed by atoms with Crippen LogP contribution in [0.5, 0.6) is 5.88 Å². The molecule has 0 atom stereocenters.